The summed E-state index contributed by atoms with van der Waals surface area (Å²) in [5.74, 6) is 0. The predicted molar refractivity (Wildman–Crippen MR) is 97.2 cm³/mol. The van der Waals surface area contributed by atoms with Gasteiger partial charge in [0, 0.05) is 27.1 Å². The Morgan fingerprint density at radius 2 is 1.78 bits per heavy atom. The van der Waals surface area contributed by atoms with Crippen molar-refractivity contribution in [2.24, 2.45) is 14.1 Å². The van der Waals surface area contributed by atoms with Crippen LogP contribution in [0.5, 0.6) is 0 Å². The van der Waals surface area contributed by atoms with E-state index in [1.165, 1.54) is 29.6 Å². The maximum absolute atomic E-state index is 12.3. The molecule has 1 atom stereocenters. The van der Waals surface area contributed by atoms with Crippen molar-refractivity contribution in [3.8, 4) is 0 Å². The van der Waals surface area contributed by atoms with E-state index in [1.54, 1.807) is 0 Å². The highest BCUT2D eigenvalue weighted by Crippen LogP contribution is 2.38. The van der Waals surface area contributed by atoms with Crippen LogP contribution in [-0.4, -0.2) is 64.1 Å². The van der Waals surface area contributed by atoms with Crippen LogP contribution in [0.3, 0.4) is 0 Å². The molecule has 0 aliphatic heterocycles. The van der Waals surface area contributed by atoms with Gasteiger partial charge in [-0.05, 0) is 0 Å². The molecule has 0 radical (unpaired) electrons. The average Bonchev–Trinajstić information content (AvgIpc) is 2.98. The van der Waals surface area contributed by atoms with Crippen LogP contribution < -0.4 is 16.1 Å². The zero-order valence-electron chi connectivity index (χ0n) is 16.2. The quantitative estimate of drug-likeness (QED) is 0.300. The summed E-state index contributed by atoms with van der Waals surface area (Å²) >= 11 is 0. The molecule has 0 aliphatic rings. The Balaban J connectivity index is 1.98. The van der Waals surface area contributed by atoms with E-state index in [9.17, 15) is 19.0 Å². The van der Waals surface area contributed by atoms with Crippen LogP contribution in [0.2, 0.25) is 0 Å². The van der Waals surface area contributed by atoms with Gasteiger partial charge in [-0.15, -0.1) is 0 Å². The first-order chi connectivity index (χ1) is 12.4. The van der Waals surface area contributed by atoms with Gasteiger partial charge >= 0.3 is 5.69 Å². The molecule has 11 nitrogen and oxygen atoms in total. The summed E-state index contributed by atoms with van der Waals surface area (Å²) in [6.07, 6.45) is 1.95. The number of aryl methyl sites for hydroxylation is 1. The molecule has 27 heavy (non-hydrogen) atoms. The number of nitrogens with zero attached hydrogens (tertiary/aromatic N) is 5. The Labute approximate surface area is 156 Å². The van der Waals surface area contributed by atoms with Gasteiger partial charge in [-0.1, -0.05) is 0 Å². The number of quaternary nitrogens is 1. The van der Waals surface area contributed by atoms with Crippen molar-refractivity contribution >= 4 is 19.0 Å². The van der Waals surface area contributed by atoms with Crippen molar-refractivity contribution in [3.63, 3.8) is 0 Å². The topological polar surface area (TPSA) is 120 Å². The second-order valence-electron chi connectivity index (χ2n) is 7.30. The second kappa shape index (κ2) is 8.07. The lowest BCUT2D eigenvalue weighted by Gasteiger charge is -2.26. The van der Waals surface area contributed by atoms with Crippen molar-refractivity contribution in [1.82, 2.24) is 18.7 Å². The Kier molecular flexibility index (Phi) is 6.43. The SMILES string of the molecule is Cn1c(=O)c2c(ncn2CCOP(=O)([O-])OCCC[N+](C)(C)C)n(C)c1=O. The lowest BCUT2D eigenvalue weighted by atomic mass is 10.4. The molecular formula is C15H26N5O6P. The molecule has 2 heterocycles. The minimum absolute atomic E-state index is 0.0486. The van der Waals surface area contributed by atoms with Crippen LogP contribution >= 0.6 is 7.82 Å². The highest BCUT2D eigenvalue weighted by Gasteiger charge is 2.15. The first-order valence-corrected chi connectivity index (χ1v) is 9.90. The van der Waals surface area contributed by atoms with Crippen molar-refractivity contribution in [2.45, 2.75) is 13.0 Å². The molecule has 2 rings (SSSR count). The number of imidazole rings is 1. The minimum atomic E-state index is -4.42. The summed E-state index contributed by atoms with van der Waals surface area (Å²) in [4.78, 5) is 40.1. The third-order valence-corrected chi connectivity index (χ3v) is 5.02. The van der Waals surface area contributed by atoms with Gasteiger partial charge in [0.1, 0.15) is 0 Å². The fourth-order valence-electron chi connectivity index (χ4n) is 2.57. The van der Waals surface area contributed by atoms with Gasteiger partial charge in [0.25, 0.3) is 13.4 Å². The molecule has 0 N–H and O–H groups in total. The molecular weight excluding hydrogens is 377 g/mol. The molecule has 0 aliphatic carbocycles. The summed E-state index contributed by atoms with van der Waals surface area (Å²) in [5, 5.41) is 0. The lowest BCUT2D eigenvalue weighted by molar-refractivity contribution is -0.870. The van der Waals surface area contributed by atoms with E-state index in [-0.39, 0.29) is 30.9 Å². The molecule has 12 heteroatoms. The fourth-order valence-corrected chi connectivity index (χ4v) is 3.30. The highest BCUT2D eigenvalue weighted by molar-refractivity contribution is 7.45. The summed E-state index contributed by atoms with van der Waals surface area (Å²) < 4.78 is 25.9. The Hall–Kier alpha value is -1.78. The molecule has 0 saturated heterocycles. The van der Waals surface area contributed by atoms with E-state index in [0.717, 1.165) is 11.1 Å². The third-order valence-electron chi connectivity index (χ3n) is 4.02. The largest absolute Gasteiger partial charge is 0.756 e. The molecule has 2 aromatic heterocycles. The Morgan fingerprint density at radius 1 is 1.15 bits per heavy atom. The summed E-state index contributed by atoms with van der Waals surface area (Å²) in [5.41, 5.74) is -0.564. The number of phosphoric ester groups is 1. The van der Waals surface area contributed by atoms with E-state index in [2.05, 4.69) is 4.98 Å². The number of fused-ring (bicyclic) bond motifs is 1. The van der Waals surface area contributed by atoms with E-state index < -0.39 is 19.1 Å². The van der Waals surface area contributed by atoms with Gasteiger partial charge in [-0.3, -0.25) is 18.5 Å². The van der Waals surface area contributed by atoms with Gasteiger partial charge in [0.2, 0.25) is 0 Å². The van der Waals surface area contributed by atoms with Crippen molar-refractivity contribution < 1.29 is 23.0 Å². The molecule has 0 aromatic carbocycles. The predicted octanol–water partition coefficient (Wildman–Crippen LogP) is -0.968. The number of rotatable bonds is 9. The van der Waals surface area contributed by atoms with Crippen molar-refractivity contribution in [3.05, 3.63) is 27.2 Å². The van der Waals surface area contributed by atoms with E-state index in [4.69, 9.17) is 9.05 Å². The number of aromatic nitrogens is 4. The maximum atomic E-state index is 12.3. The van der Waals surface area contributed by atoms with Gasteiger partial charge in [-0.25, -0.2) is 9.78 Å². The van der Waals surface area contributed by atoms with Crippen molar-refractivity contribution in [2.75, 3.05) is 40.9 Å². The molecule has 0 amide bonds. The Morgan fingerprint density at radius 3 is 2.41 bits per heavy atom. The maximum Gasteiger partial charge on any atom is 0.332 e. The standard InChI is InChI=1S/C15H26N5O6P/c1-17-13-12(14(21)18(2)15(17)22)19(11-16-13)7-10-26-27(23,24)25-9-6-8-20(3,4)5/h11H,6-10H2,1-5H3. The van der Waals surface area contributed by atoms with E-state index in [1.807, 2.05) is 21.1 Å². The van der Waals surface area contributed by atoms with E-state index >= 15 is 0 Å². The number of hydrogen-bond donors (Lipinski definition) is 0. The summed E-state index contributed by atoms with van der Waals surface area (Å²) in [7, 11) is 4.46. The minimum Gasteiger partial charge on any atom is -0.756 e. The zero-order valence-corrected chi connectivity index (χ0v) is 17.1. The zero-order chi connectivity index (χ0) is 20.4. The molecule has 2 aromatic rings. The second-order valence-corrected chi connectivity index (χ2v) is 8.71. The average molecular weight is 403 g/mol. The monoisotopic (exact) mass is 403 g/mol. The molecule has 152 valence electrons. The smallest absolute Gasteiger partial charge is 0.332 e. The van der Waals surface area contributed by atoms with Crippen LogP contribution in [0.25, 0.3) is 11.2 Å². The van der Waals surface area contributed by atoms with Crippen LogP contribution in [0.1, 0.15) is 6.42 Å². The lowest BCUT2D eigenvalue weighted by Crippen LogP contribution is -2.37. The van der Waals surface area contributed by atoms with Gasteiger partial charge in [0.15, 0.2) is 11.2 Å². The molecule has 1 unspecified atom stereocenters. The van der Waals surface area contributed by atoms with Gasteiger partial charge < -0.3 is 23.0 Å². The van der Waals surface area contributed by atoms with Crippen LogP contribution in [0.15, 0.2) is 15.9 Å². The van der Waals surface area contributed by atoms with Crippen LogP contribution in [0, 0.1) is 0 Å². The number of hydrogen-bond acceptors (Lipinski definition) is 7. The van der Waals surface area contributed by atoms with Gasteiger partial charge in [0.05, 0.1) is 47.2 Å². The third kappa shape index (κ3) is 5.36. The van der Waals surface area contributed by atoms with Crippen LogP contribution in [0.4, 0.5) is 0 Å². The molecule has 0 fully saturated rings. The van der Waals surface area contributed by atoms with E-state index in [0.29, 0.717) is 10.9 Å². The summed E-state index contributed by atoms with van der Waals surface area (Å²) in [6.45, 7) is 0.669. The first kappa shape index (κ1) is 21.5. The molecule has 0 bridgehead atoms. The van der Waals surface area contributed by atoms with Gasteiger partial charge in [-0.2, -0.15) is 0 Å². The molecule has 0 spiro atoms. The summed E-state index contributed by atoms with van der Waals surface area (Å²) in [6, 6.07) is 0. The fraction of sp³-hybridized carbons (Fsp3) is 0.667. The van der Waals surface area contributed by atoms with Crippen molar-refractivity contribution in [1.29, 1.82) is 0 Å². The normalized spacial score (nSPS) is 14.6. The Bertz CT molecular complexity index is 970. The first-order valence-electron chi connectivity index (χ1n) is 8.44. The number of phosphoric acid groups is 1. The van der Waals surface area contributed by atoms with Crippen LogP contribution in [-0.2, 0) is 34.3 Å². The molecule has 0 saturated carbocycles. The highest BCUT2D eigenvalue weighted by atomic mass is 31.2.